The molecule has 2 amide bonds. The van der Waals surface area contributed by atoms with Crippen molar-refractivity contribution in [2.45, 2.75) is 54.0 Å². The van der Waals surface area contributed by atoms with Gasteiger partial charge in [0.2, 0.25) is 11.8 Å². The van der Waals surface area contributed by atoms with Crippen molar-refractivity contribution in [1.29, 1.82) is 0 Å². The van der Waals surface area contributed by atoms with Crippen molar-refractivity contribution in [2.24, 2.45) is 16.6 Å². The maximum Gasteiger partial charge on any atom is 0.225 e. The van der Waals surface area contributed by atoms with Gasteiger partial charge in [0.25, 0.3) is 0 Å². The predicted octanol–water partition coefficient (Wildman–Crippen LogP) is 1.44. The van der Waals surface area contributed by atoms with Gasteiger partial charge in [-0.25, -0.2) is 0 Å². The minimum Gasteiger partial charge on any atom is -0.369 e. The van der Waals surface area contributed by atoms with Gasteiger partial charge in [-0.3, -0.25) is 9.59 Å². The summed E-state index contributed by atoms with van der Waals surface area (Å²) < 4.78 is 0. The fourth-order valence-electron chi connectivity index (χ4n) is 1.36. The summed E-state index contributed by atoms with van der Waals surface area (Å²) in [6.45, 7) is 11.0. The first-order valence-corrected chi connectivity index (χ1v) is 5.57. The van der Waals surface area contributed by atoms with E-state index < -0.39 is 10.8 Å². The first kappa shape index (κ1) is 14.9. The van der Waals surface area contributed by atoms with Crippen LogP contribution in [0.3, 0.4) is 0 Å². The van der Waals surface area contributed by atoms with Crippen LogP contribution in [0.4, 0.5) is 0 Å². The molecule has 0 aliphatic heterocycles. The van der Waals surface area contributed by atoms with Crippen molar-refractivity contribution in [1.82, 2.24) is 5.32 Å². The summed E-state index contributed by atoms with van der Waals surface area (Å²) in [7, 11) is 0. The molecule has 0 rings (SSSR count). The van der Waals surface area contributed by atoms with Crippen LogP contribution < -0.4 is 11.1 Å². The van der Waals surface area contributed by atoms with E-state index in [0.29, 0.717) is 6.42 Å². The maximum atomic E-state index is 11.7. The van der Waals surface area contributed by atoms with Gasteiger partial charge in [0.15, 0.2) is 0 Å². The molecule has 16 heavy (non-hydrogen) atoms. The number of hydrogen-bond acceptors (Lipinski definition) is 2. The SMILES string of the molecule is CC(CC(C)(C)C(N)=O)NC(=O)C(C)(C)C. The lowest BCUT2D eigenvalue weighted by molar-refractivity contribution is -0.131. The van der Waals surface area contributed by atoms with Crippen LogP contribution in [-0.4, -0.2) is 17.9 Å². The highest BCUT2D eigenvalue weighted by atomic mass is 16.2. The van der Waals surface area contributed by atoms with Crippen molar-refractivity contribution in [3.8, 4) is 0 Å². The molecule has 1 atom stereocenters. The summed E-state index contributed by atoms with van der Waals surface area (Å²) in [6, 6.07) is -0.0609. The quantitative estimate of drug-likeness (QED) is 0.764. The molecule has 0 radical (unpaired) electrons. The molecule has 0 saturated heterocycles. The van der Waals surface area contributed by atoms with Crippen molar-refractivity contribution in [2.75, 3.05) is 0 Å². The summed E-state index contributed by atoms with van der Waals surface area (Å²) in [5.41, 5.74) is 4.28. The molecule has 0 fully saturated rings. The second-order valence-corrected chi connectivity index (χ2v) is 6.08. The third-order valence-electron chi connectivity index (χ3n) is 2.54. The Hall–Kier alpha value is -1.06. The molecule has 1 unspecified atom stereocenters. The number of rotatable bonds is 4. The molecule has 0 spiro atoms. The highest BCUT2D eigenvalue weighted by Gasteiger charge is 2.29. The van der Waals surface area contributed by atoms with E-state index in [2.05, 4.69) is 5.32 Å². The van der Waals surface area contributed by atoms with Crippen LogP contribution in [0.25, 0.3) is 0 Å². The van der Waals surface area contributed by atoms with Gasteiger partial charge in [-0.1, -0.05) is 34.6 Å². The highest BCUT2D eigenvalue weighted by Crippen LogP contribution is 2.22. The van der Waals surface area contributed by atoms with Gasteiger partial charge < -0.3 is 11.1 Å². The number of primary amides is 1. The lowest BCUT2D eigenvalue weighted by Gasteiger charge is -2.27. The topological polar surface area (TPSA) is 72.2 Å². The molecule has 0 saturated carbocycles. The molecule has 0 aromatic carbocycles. The standard InChI is InChI=1S/C12H24N2O2/c1-8(7-12(5,6)9(13)15)14-10(16)11(2,3)4/h8H,7H2,1-6H3,(H2,13,15)(H,14,16). The lowest BCUT2D eigenvalue weighted by atomic mass is 9.85. The van der Waals surface area contributed by atoms with E-state index in [1.165, 1.54) is 0 Å². The van der Waals surface area contributed by atoms with Gasteiger partial charge in [0, 0.05) is 16.9 Å². The minimum absolute atomic E-state index is 0.0136. The monoisotopic (exact) mass is 228 g/mol. The molecule has 4 nitrogen and oxygen atoms in total. The second-order valence-electron chi connectivity index (χ2n) is 6.08. The Morgan fingerprint density at radius 2 is 1.62 bits per heavy atom. The molecule has 0 aromatic heterocycles. The van der Waals surface area contributed by atoms with E-state index in [4.69, 9.17) is 5.73 Å². The first-order chi connectivity index (χ1) is 6.97. The van der Waals surface area contributed by atoms with Crippen LogP contribution >= 0.6 is 0 Å². The van der Waals surface area contributed by atoms with E-state index in [-0.39, 0.29) is 17.9 Å². The van der Waals surface area contributed by atoms with Gasteiger partial charge >= 0.3 is 0 Å². The number of nitrogens with two attached hydrogens (primary N) is 1. The first-order valence-electron chi connectivity index (χ1n) is 5.57. The van der Waals surface area contributed by atoms with Gasteiger partial charge in [-0.05, 0) is 13.3 Å². The normalized spacial score (nSPS) is 14.4. The molecule has 0 aliphatic carbocycles. The summed E-state index contributed by atoms with van der Waals surface area (Å²) >= 11 is 0. The zero-order valence-corrected chi connectivity index (χ0v) is 11.2. The fraction of sp³-hybridized carbons (Fsp3) is 0.833. The molecule has 4 heteroatoms. The smallest absolute Gasteiger partial charge is 0.225 e. The predicted molar refractivity (Wildman–Crippen MR) is 64.7 cm³/mol. The molecular formula is C12H24N2O2. The highest BCUT2D eigenvalue weighted by molar-refractivity contribution is 5.82. The van der Waals surface area contributed by atoms with Crippen molar-refractivity contribution < 1.29 is 9.59 Å². The summed E-state index contributed by atoms with van der Waals surface area (Å²) in [5.74, 6) is -0.357. The molecule has 94 valence electrons. The van der Waals surface area contributed by atoms with Crippen molar-refractivity contribution >= 4 is 11.8 Å². The molecule has 0 bridgehead atoms. The molecule has 3 N–H and O–H groups in total. The Morgan fingerprint density at radius 1 is 1.19 bits per heavy atom. The number of hydrogen-bond donors (Lipinski definition) is 2. The number of carbonyl (C=O) groups excluding carboxylic acids is 2. The van der Waals surface area contributed by atoms with Crippen LogP contribution in [0.5, 0.6) is 0 Å². The second kappa shape index (κ2) is 4.85. The minimum atomic E-state index is -0.593. The lowest BCUT2D eigenvalue weighted by Crippen LogP contribution is -2.44. The average molecular weight is 228 g/mol. The third kappa shape index (κ3) is 4.64. The van der Waals surface area contributed by atoms with Crippen LogP contribution in [0, 0.1) is 10.8 Å². The largest absolute Gasteiger partial charge is 0.369 e. The van der Waals surface area contributed by atoms with Crippen molar-refractivity contribution in [3.05, 3.63) is 0 Å². The van der Waals surface area contributed by atoms with Gasteiger partial charge in [0.05, 0.1) is 0 Å². The van der Waals surface area contributed by atoms with Gasteiger partial charge in [-0.15, -0.1) is 0 Å². The van der Waals surface area contributed by atoms with Crippen LogP contribution in [0.2, 0.25) is 0 Å². The Balaban J connectivity index is 4.36. The average Bonchev–Trinajstić information content (AvgIpc) is 2.00. The van der Waals surface area contributed by atoms with Crippen LogP contribution in [0.15, 0.2) is 0 Å². The van der Waals surface area contributed by atoms with E-state index in [0.717, 1.165) is 0 Å². The Labute approximate surface area is 98.0 Å². The van der Waals surface area contributed by atoms with Gasteiger partial charge in [-0.2, -0.15) is 0 Å². The van der Waals surface area contributed by atoms with E-state index in [1.54, 1.807) is 13.8 Å². The Morgan fingerprint density at radius 3 is 1.94 bits per heavy atom. The number of amides is 2. The number of nitrogens with one attached hydrogen (secondary N) is 1. The van der Waals surface area contributed by atoms with Crippen molar-refractivity contribution in [3.63, 3.8) is 0 Å². The fourth-order valence-corrected chi connectivity index (χ4v) is 1.36. The Kier molecular flexibility index (Phi) is 4.53. The summed E-state index contributed by atoms with van der Waals surface area (Å²) in [6.07, 6.45) is 0.546. The molecule has 0 heterocycles. The van der Waals surface area contributed by atoms with E-state index in [9.17, 15) is 9.59 Å². The van der Waals surface area contributed by atoms with Crippen LogP contribution in [-0.2, 0) is 9.59 Å². The van der Waals surface area contributed by atoms with Gasteiger partial charge in [0.1, 0.15) is 0 Å². The summed E-state index contributed by atoms with van der Waals surface area (Å²) in [4.78, 5) is 22.9. The third-order valence-corrected chi connectivity index (χ3v) is 2.54. The Bertz CT molecular complexity index is 277. The van der Waals surface area contributed by atoms with E-state index >= 15 is 0 Å². The zero-order valence-electron chi connectivity index (χ0n) is 11.2. The molecular weight excluding hydrogens is 204 g/mol. The summed E-state index contributed by atoms with van der Waals surface area (Å²) in [5, 5.41) is 2.88. The molecule has 0 aromatic rings. The van der Waals surface area contributed by atoms with E-state index in [1.807, 2.05) is 27.7 Å². The maximum absolute atomic E-state index is 11.7. The van der Waals surface area contributed by atoms with Crippen LogP contribution in [0.1, 0.15) is 48.0 Å². The molecule has 0 aliphatic rings. The zero-order chi connectivity index (χ0) is 13.1. The number of carbonyl (C=O) groups is 2.